The Hall–Kier alpha value is -3.06. The Morgan fingerprint density at radius 2 is 0.929 bits per heavy atom. The molecule has 2 aliphatic carbocycles. The largest absolute Gasteiger partial charge is 0.170 e. The fourth-order valence-electron chi connectivity index (χ4n) is 5.67. The van der Waals surface area contributed by atoms with E-state index in [0.29, 0.717) is 6.71 Å². The number of rotatable bonds is 1. The quantitative estimate of drug-likeness (QED) is 0.317. The molecule has 0 heterocycles. The first-order valence-corrected chi connectivity index (χ1v) is 10.2. The maximum absolute atomic E-state index is 2.35. The summed E-state index contributed by atoms with van der Waals surface area (Å²) in [5, 5.41) is 0. The molecule has 28 heavy (non-hydrogen) atoms. The number of benzene rings is 4. The first kappa shape index (κ1) is 16.0. The molecule has 0 atom stereocenters. The van der Waals surface area contributed by atoms with E-state index in [1.165, 1.54) is 50.0 Å². The molecule has 0 N–H and O–H groups in total. The van der Waals surface area contributed by atoms with Gasteiger partial charge in [-0.05, 0) is 44.5 Å². The van der Waals surface area contributed by atoms with Crippen molar-refractivity contribution in [3.63, 3.8) is 0 Å². The lowest BCUT2D eigenvalue weighted by Gasteiger charge is -2.32. The van der Waals surface area contributed by atoms with Crippen molar-refractivity contribution in [3.8, 4) is 22.3 Å². The van der Waals surface area contributed by atoms with Gasteiger partial charge in [0.1, 0.15) is 0 Å². The molecule has 0 nitrogen and oxygen atoms in total. The summed E-state index contributed by atoms with van der Waals surface area (Å²) in [6.45, 7) is 5.11. The Morgan fingerprint density at radius 1 is 0.500 bits per heavy atom. The number of fused-ring (bicyclic) bond motifs is 10. The van der Waals surface area contributed by atoms with Crippen LogP contribution in [0.2, 0.25) is 13.6 Å². The Bertz CT molecular complexity index is 1190. The summed E-state index contributed by atoms with van der Waals surface area (Å²) in [5.74, 6) is 0. The molecular weight excluding hydrogens is 335 g/mol. The third-order valence-electron chi connectivity index (χ3n) is 6.67. The lowest BCUT2D eigenvalue weighted by atomic mass is 9.46. The van der Waals surface area contributed by atoms with E-state index >= 15 is 0 Å². The van der Waals surface area contributed by atoms with Crippen LogP contribution in [0.25, 0.3) is 22.3 Å². The van der Waals surface area contributed by atoms with Crippen LogP contribution in [0.5, 0.6) is 0 Å². The van der Waals surface area contributed by atoms with Gasteiger partial charge < -0.3 is 0 Å². The van der Waals surface area contributed by atoms with Crippen molar-refractivity contribution in [3.05, 3.63) is 113 Å². The van der Waals surface area contributed by atoms with E-state index in [0.717, 1.165) is 0 Å². The lowest BCUT2D eigenvalue weighted by molar-refractivity contribution is 0.798. The normalized spacial score (nSPS) is 14.4. The SMILES string of the molecule is CB(C)c1cccc2c1C1(c3ccccc3-c3ccccc31)c1ccccc1-2. The van der Waals surface area contributed by atoms with E-state index < -0.39 is 0 Å². The van der Waals surface area contributed by atoms with E-state index in [4.69, 9.17) is 0 Å². The first-order valence-electron chi connectivity index (χ1n) is 10.2. The molecular formula is C27H21B. The van der Waals surface area contributed by atoms with Crippen LogP contribution in [0.1, 0.15) is 22.3 Å². The van der Waals surface area contributed by atoms with Crippen molar-refractivity contribution in [2.75, 3.05) is 0 Å². The lowest BCUT2D eigenvalue weighted by Crippen LogP contribution is -2.37. The summed E-state index contributed by atoms with van der Waals surface area (Å²) in [5.41, 5.74) is 12.5. The highest BCUT2D eigenvalue weighted by atomic mass is 14.5. The molecule has 4 aromatic rings. The highest BCUT2D eigenvalue weighted by Crippen LogP contribution is 2.62. The molecule has 0 aliphatic heterocycles. The summed E-state index contributed by atoms with van der Waals surface area (Å²) in [6.07, 6.45) is 0. The molecule has 0 bridgehead atoms. The molecule has 0 radical (unpaired) electrons. The summed E-state index contributed by atoms with van der Waals surface area (Å²) >= 11 is 0. The van der Waals surface area contributed by atoms with Gasteiger partial charge in [-0.2, -0.15) is 0 Å². The van der Waals surface area contributed by atoms with Crippen molar-refractivity contribution in [1.82, 2.24) is 0 Å². The van der Waals surface area contributed by atoms with Crippen LogP contribution in [0, 0.1) is 0 Å². The monoisotopic (exact) mass is 356 g/mol. The zero-order valence-corrected chi connectivity index (χ0v) is 16.2. The van der Waals surface area contributed by atoms with E-state index in [-0.39, 0.29) is 5.41 Å². The second-order valence-corrected chi connectivity index (χ2v) is 8.31. The standard InChI is InChI=1S/C27H21B/c1-28(2)25-17-9-13-21-20-12-5-8-16-24(20)27(26(21)25)22-14-6-3-10-18(22)19-11-4-7-15-23(19)27/h3-17H,1-2H3. The second kappa shape index (κ2) is 5.48. The van der Waals surface area contributed by atoms with Gasteiger partial charge in [-0.15, -0.1) is 0 Å². The van der Waals surface area contributed by atoms with Crippen molar-refractivity contribution < 1.29 is 0 Å². The predicted octanol–water partition coefficient (Wildman–Crippen LogP) is 5.99. The zero-order chi connectivity index (χ0) is 18.9. The van der Waals surface area contributed by atoms with Crippen LogP contribution in [-0.2, 0) is 5.41 Å². The molecule has 0 fully saturated rings. The van der Waals surface area contributed by atoms with Crippen molar-refractivity contribution in [2.24, 2.45) is 0 Å². The maximum Gasteiger partial charge on any atom is 0.170 e. The van der Waals surface area contributed by atoms with Gasteiger partial charge in [-0.25, -0.2) is 0 Å². The molecule has 2 aliphatic rings. The van der Waals surface area contributed by atoms with Gasteiger partial charge in [0, 0.05) is 0 Å². The van der Waals surface area contributed by atoms with Crippen LogP contribution in [0.3, 0.4) is 0 Å². The molecule has 1 spiro atoms. The molecule has 1 heteroatoms. The predicted molar refractivity (Wildman–Crippen MR) is 120 cm³/mol. The Labute approximate surface area is 167 Å². The number of hydrogen-bond donors (Lipinski definition) is 0. The van der Waals surface area contributed by atoms with E-state index in [2.05, 4.69) is 105 Å². The fraction of sp³-hybridized carbons (Fsp3) is 0.111. The second-order valence-electron chi connectivity index (χ2n) is 8.31. The molecule has 132 valence electrons. The Kier molecular flexibility index (Phi) is 3.12. The molecule has 0 aromatic heterocycles. The van der Waals surface area contributed by atoms with Gasteiger partial charge in [0.25, 0.3) is 0 Å². The molecule has 0 unspecified atom stereocenters. The molecule has 6 rings (SSSR count). The third kappa shape index (κ3) is 1.73. The van der Waals surface area contributed by atoms with Crippen molar-refractivity contribution in [2.45, 2.75) is 19.1 Å². The minimum Gasteiger partial charge on any atom is -0.0819 e. The Balaban J connectivity index is 1.88. The topological polar surface area (TPSA) is 0 Å². The summed E-state index contributed by atoms with van der Waals surface area (Å²) < 4.78 is 0. The molecule has 0 saturated carbocycles. The van der Waals surface area contributed by atoms with Crippen LogP contribution >= 0.6 is 0 Å². The van der Waals surface area contributed by atoms with Crippen LogP contribution in [0.4, 0.5) is 0 Å². The third-order valence-corrected chi connectivity index (χ3v) is 6.67. The molecule has 4 aromatic carbocycles. The van der Waals surface area contributed by atoms with Crippen molar-refractivity contribution >= 4 is 12.2 Å². The highest BCUT2D eigenvalue weighted by molar-refractivity contribution is 6.71. The Morgan fingerprint density at radius 3 is 1.43 bits per heavy atom. The summed E-state index contributed by atoms with van der Waals surface area (Å²) in [7, 11) is 0. The van der Waals surface area contributed by atoms with Crippen LogP contribution in [-0.4, -0.2) is 6.71 Å². The fourth-order valence-corrected chi connectivity index (χ4v) is 5.67. The van der Waals surface area contributed by atoms with E-state index in [1.54, 1.807) is 0 Å². The first-order chi connectivity index (χ1) is 13.7. The van der Waals surface area contributed by atoms with Gasteiger partial charge >= 0.3 is 0 Å². The van der Waals surface area contributed by atoms with Crippen LogP contribution < -0.4 is 5.46 Å². The van der Waals surface area contributed by atoms with Gasteiger partial charge in [-0.3, -0.25) is 0 Å². The average molecular weight is 356 g/mol. The molecule has 0 saturated heterocycles. The van der Waals surface area contributed by atoms with Crippen LogP contribution in [0.15, 0.2) is 91.0 Å². The summed E-state index contributed by atoms with van der Waals surface area (Å²) in [6, 6.07) is 33.9. The molecule has 0 amide bonds. The van der Waals surface area contributed by atoms with Gasteiger partial charge in [0.15, 0.2) is 6.71 Å². The average Bonchev–Trinajstić information content (AvgIpc) is 3.21. The zero-order valence-electron chi connectivity index (χ0n) is 16.2. The van der Waals surface area contributed by atoms with Crippen molar-refractivity contribution in [1.29, 1.82) is 0 Å². The van der Waals surface area contributed by atoms with E-state index in [9.17, 15) is 0 Å². The van der Waals surface area contributed by atoms with Gasteiger partial charge in [0.2, 0.25) is 0 Å². The van der Waals surface area contributed by atoms with E-state index in [1.807, 2.05) is 0 Å². The minimum atomic E-state index is -0.208. The van der Waals surface area contributed by atoms with Gasteiger partial charge in [-0.1, -0.05) is 110 Å². The smallest absolute Gasteiger partial charge is 0.0819 e. The summed E-state index contributed by atoms with van der Waals surface area (Å²) in [4.78, 5) is 0. The number of hydrogen-bond acceptors (Lipinski definition) is 0. The minimum absolute atomic E-state index is 0.208. The highest BCUT2D eigenvalue weighted by Gasteiger charge is 2.52. The maximum atomic E-state index is 2.35. The van der Waals surface area contributed by atoms with Gasteiger partial charge in [0.05, 0.1) is 5.41 Å².